The number of hydrogen-bond acceptors (Lipinski definition) is 2. The molecule has 3 nitrogen and oxygen atoms in total. The van der Waals surface area contributed by atoms with Crippen molar-refractivity contribution in [1.82, 2.24) is 9.97 Å². The van der Waals surface area contributed by atoms with E-state index in [-0.39, 0.29) is 0 Å². The average molecular weight is 267 g/mol. The van der Waals surface area contributed by atoms with Crippen molar-refractivity contribution >= 4 is 16.9 Å². The quantitative estimate of drug-likeness (QED) is 0.733. The van der Waals surface area contributed by atoms with Gasteiger partial charge in [0.15, 0.2) is 0 Å². The van der Waals surface area contributed by atoms with Crippen LogP contribution < -0.4 is 5.32 Å². The molecule has 3 rings (SSSR count). The lowest BCUT2D eigenvalue weighted by Gasteiger charge is -2.07. The molecule has 0 saturated heterocycles. The smallest absolute Gasteiger partial charge is 0.139 e. The van der Waals surface area contributed by atoms with E-state index in [1.807, 2.05) is 38.2 Å². The highest BCUT2D eigenvalue weighted by atomic mass is 15.0. The van der Waals surface area contributed by atoms with Gasteiger partial charge in [-0.3, -0.25) is 0 Å². The lowest BCUT2D eigenvalue weighted by molar-refractivity contribution is 1.11. The van der Waals surface area contributed by atoms with E-state index >= 15 is 0 Å². The SMILES string of the molecule is CC.Cc1cc(NCc2ccccc2)nc2[nH]ccc12. The third-order valence-corrected chi connectivity index (χ3v) is 3.05. The van der Waals surface area contributed by atoms with Crippen molar-refractivity contribution in [2.75, 3.05) is 5.32 Å². The molecular formula is C17H21N3. The molecule has 1 aromatic carbocycles. The van der Waals surface area contributed by atoms with Crippen molar-refractivity contribution in [2.45, 2.75) is 27.3 Å². The van der Waals surface area contributed by atoms with E-state index in [0.717, 1.165) is 18.0 Å². The molecule has 2 heterocycles. The van der Waals surface area contributed by atoms with Crippen LogP contribution in [0, 0.1) is 6.92 Å². The molecule has 3 heteroatoms. The van der Waals surface area contributed by atoms with Crippen molar-refractivity contribution in [3.63, 3.8) is 0 Å². The predicted molar refractivity (Wildman–Crippen MR) is 85.9 cm³/mol. The third-order valence-electron chi connectivity index (χ3n) is 3.05. The lowest BCUT2D eigenvalue weighted by Crippen LogP contribution is -2.01. The molecule has 0 bridgehead atoms. The van der Waals surface area contributed by atoms with E-state index in [1.54, 1.807) is 0 Å². The molecule has 0 aliphatic heterocycles. The van der Waals surface area contributed by atoms with Gasteiger partial charge in [0, 0.05) is 18.1 Å². The van der Waals surface area contributed by atoms with Crippen LogP contribution in [0.25, 0.3) is 11.0 Å². The van der Waals surface area contributed by atoms with Crippen LogP contribution in [0.5, 0.6) is 0 Å². The standard InChI is InChI=1S/C15H15N3.C2H6/c1-11-9-14(18-15-13(11)7-8-16-15)17-10-12-5-3-2-4-6-12;1-2/h2-9H,10H2,1H3,(H2,16,17,18);1-2H3. The number of fused-ring (bicyclic) bond motifs is 1. The molecule has 104 valence electrons. The van der Waals surface area contributed by atoms with Crippen LogP contribution in [0.15, 0.2) is 48.7 Å². The van der Waals surface area contributed by atoms with Crippen LogP contribution in [-0.4, -0.2) is 9.97 Å². The van der Waals surface area contributed by atoms with Gasteiger partial charge in [-0.05, 0) is 30.2 Å². The second kappa shape index (κ2) is 6.75. The molecule has 0 unspecified atom stereocenters. The largest absolute Gasteiger partial charge is 0.366 e. The summed E-state index contributed by atoms with van der Waals surface area (Å²) in [5, 5.41) is 4.53. The molecule has 0 atom stereocenters. The predicted octanol–water partition coefficient (Wildman–Crippen LogP) is 4.51. The Morgan fingerprint density at radius 3 is 2.60 bits per heavy atom. The Hall–Kier alpha value is -2.29. The summed E-state index contributed by atoms with van der Waals surface area (Å²) in [4.78, 5) is 7.69. The van der Waals surface area contributed by atoms with Crippen molar-refractivity contribution < 1.29 is 0 Å². The Morgan fingerprint density at radius 1 is 1.10 bits per heavy atom. The van der Waals surface area contributed by atoms with E-state index in [1.165, 1.54) is 16.5 Å². The fraction of sp³-hybridized carbons (Fsp3) is 0.235. The second-order valence-corrected chi connectivity index (χ2v) is 4.40. The normalized spacial score (nSPS) is 9.95. The molecule has 20 heavy (non-hydrogen) atoms. The summed E-state index contributed by atoms with van der Waals surface area (Å²) in [5.41, 5.74) is 3.42. The third kappa shape index (κ3) is 3.18. The summed E-state index contributed by atoms with van der Waals surface area (Å²) in [6, 6.07) is 14.5. The van der Waals surface area contributed by atoms with Crippen LogP contribution in [0.2, 0.25) is 0 Å². The number of aromatic amines is 1. The summed E-state index contributed by atoms with van der Waals surface area (Å²) in [7, 11) is 0. The van der Waals surface area contributed by atoms with Crippen LogP contribution >= 0.6 is 0 Å². The Balaban J connectivity index is 0.000000704. The zero-order valence-electron chi connectivity index (χ0n) is 12.3. The van der Waals surface area contributed by atoms with Crippen LogP contribution in [0.4, 0.5) is 5.82 Å². The summed E-state index contributed by atoms with van der Waals surface area (Å²) < 4.78 is 0. The van der Waals surface area contributed by atoms with E-state index in [4.69, 9.17) is 0 Å². The lowest BCUT2D eigenvalue weighted by atomic mass is 10.2. The first-order valence-corrected chi connectivity index (χ1v) is 7.05. The van der Waals surface area contributed by atoms with E-state index in [9.17, 15) is 0 Å². The minimum Gasteiger partial charge on any atom is -0.366 e. The fourth-order valence-corrected chi connectivity index (χ4v) is 2.09. The minimum absolute atomic E-state index is 0.791. The Morgan fingerprint density at radius 2 is 1.85 bits per heavy atom. The first kappa shape index (κ1) is 14.1. The van der Waals surface area contributed by atoms with Gasteiger partial charge in [0.2, 0.25) is 0 Å². The molecule has 2 aromatic heterocycles. The van der Waals surface area contributed by atoms with Gasteiger partial charge in [-0.2, -0.15) is 0 Å². The summed E-state index contributed by atoms with van der Waals surface area (Å²) >= 11 is 0. The molecular weight excluding hydrogens is 246 g/mol. The van der Waals surface area contributed by atoms with Gasteiger partial charge < -0.3 is 10.3 Å². The number of pyridine rings is 1. The number of H-pyrrole nitrogens is 1. The number of aryl methyl sites for hydroxylation is 1. The Labute approximate surface area is 120 Å². The molecule has 2 N–H and O–H groups in total. The van der Waals surface area contributed by atoms with Gasteiger partial charge in [0.25, 0.3) is 0 Å². The van der Waals surface area contributed by atoms with Crippen LogP contribution in [-0.2, 0) is 6.54 Å². The maximum absolute atomic E-state index is 4.54. The first-order chi connectivity index (χ1) is 9.83. The number of hydrogen-bond donors (Lipinski definition) is 2. The topological polar surface area (TPSA) is 40.7 Å². The summed E-state index contributed by atoms with van der Waals surface area (Å²) in [6.07, 6.45) is 1.92. The Bertz CT molecular complexity index is 656. The second-order valence-electron chi connectivity index (χ2n) is 4.40. The summed E-state index contributed by atoms with van der Waals surface area (Å²) in [5.74, 6) is 0.909. The molecule has 0 radical (unpaired) electrons. The van der Waals surface area contributed by atoms with Gasteiger partial charge in [0.1, 0.15) is 11.5 Å². The number of rotatable bonds is 3. The maximum atomic E-state index is 4.54. The van der Waals surface area contributed by atoms with Crippen molar-refractivity contribution in [2.24, 2.45) is 0 Å². The van der Waals surface area contributed by atoms with Gasteiger partial charge in [-0.15, -0.1) is 0 Å². The van der Waals surface area contributed by atoms with E-state index < -0.39 is 0 Å². The van der Waals surface area contributed by atoms with Crippen LogP contribution in [0.3, 0.4) is 0 Å². The highest BCUT2D eigenvalue weighted by molar-refractivity contribution is 5.81. The highest BCUT2D eigenvalue weighted by Gasteiger charge is 2.03. The Kier molecular flexibility index (Phi) is 4.77. The molecule has 0 saturated carbocycles. The number of nitrogens with one attached hydrogen (secondary N) is 2. The highest BCUT2D eigenvalue weighted by Crippen LogP contribution is 2.19. The molecule has 0 aliphatic carbocycles. The van der Waals surface area contributed by atoms with Crippen molar-refractivity contribution in [3.8, 4) is 0 Å². The van der Waals surface area contributed by atoms with Gasteiger partial charge in [-0.1, -0.05) is 44.2 Å². The number of nitrogens with zero attached hydrogens (tertiary/aromatic N) is 1. The number of anilines is 1. The molecule has 0 aliphatic rings. The van der Waals surface area contributed by atoms with E-state index in [0.29, 0.717) is 0 Å². The van der Waals surface area contributed by atoms with Gasteiger partial charge in [-0.25, -0.2) is 4.98 Å². The number of benzene rings is 1. The molecule has 0 spiro atoms. The van der Waals surface area contributed by atoms with Crippen molar-refractivity contribution in [3.05, 3.63) is 59.8 Å². The molecule has 0 amide bonds. The first-order valence-electron chi connectivity index (χ1n) is 7.05. The van der Waals surface area contributed by atoms with E-state index in [2.05, 4.69) is 46.5 Å². The minimum atomic E-state index is 0.791. The van der Waals surface area contributed by atoms with Crippen molar-refractivity contribution in [1.29, 1.82) is 0 Å². The zero-order valence-corrected chi connectivity index (χ0v) is 12.3. The zero-order chi connectivity index (χ0) is 14.4. The van der Waals surface area contributed by atoms with Gasteiger partial charge in [0.05, 0.1) is 0 Å². The van der Waals surface area contributed by atoms with Crippen LogP contribution in [0.1, 0.15) is 25.0 Å². The summed E-state index contributed by atoms with van der Waals surface area (Å²) in [6.45, 7) is 6.89. The van der Waals surface area contributed by atoms with Gasteiger partial charge >= 0.3 is 0 Å². The number of aromatic nitrogens is 2. The monoisotopic (exact) mass is 267 g/mol. The molecule has 3 aromatic rings. The fourth-order valence-electron chi connectivity index (χ4n) is 2.09. The molecule has 0 fully saturated rings. The average Bonchev–Trinajstić information content (AvgIpc) is 2.97. The maximum Gasteiger partial charge on any atom is 0.139 e.